The minimum atomic E-state index is -0.187. The molecule has 4 nitrogen and oxygen atoms in total. The van der Waals surface area contributed by atoms with Gasteiger partial charge in [-0.25, -0.2) is 4.98 Å². The second-order valence-corrected chi connectivity index (χ2v) is 4.95. The first-order chi connectivity index (χ1) is 9.65. The van der Waals surface area contributed by atoms with Crippen molar-refractivity contribution in [3.05, 3.63) is 58.9 Å². The number of aryl methyl sites for hydroxylation is 1. The number of halogens is 1. The second-order valence-electron chi connectivity index (χ2n) is 4.52. The normalized spacial score (nSPS) is 10.7. The Morgan fingerprint density at radius 3 is 2.95 bits per heavy atom. The van der Waals surface area contributed by atoms with Gasteiger partial charge >= 0.3 is 0 Å². The lowest BCUT2D eigenvalue weighted by Crippen LogP contribution is -2.13. The average molecular weight is 286 g/mol. The van der Waals surface area contributed by atoms with E-state index in [1.807, 2.05) is 25.1 Å². The summed E-state index contributed by atoms with van der Waals surface area (Å²) in [5.74, 6) is -0.187. The quantitative estimate of drug-likeness (QED) is 0.753. The number of carbonyl (C=O) groups is 1. The molecule has 0 saturated heterocycles. The molecular weight excluding hydrogens is 274 g/mol. The highest BCUT2D eigenvalue weighted by Crippen LogP contribution is 2.21. The number of nitrogens with zero attached hydrogens (tertiary/aromatic N) is 1. The van der Waals surface area contributed by atoms with Gasteiger partial charge in [-0.15, -0.1) is 0 Å². The third-order valence-electron chi connectivity index (χ3n) is 3.13. The van der Waals surface area contributed by atoms with E-state index in [9.17, 15) is 4.79 Å². The molecule has 0 fully saturated rings. The number of nitrogens with one attached hydrogen (secondary N) is 2. The zero-order chi connectivity index (χ0) is 14.1. The molecule has 0 atom stereocenters. The lowest BCUT2D eigenvalue weighted by molar-refractivity contribution is 0.102. The predicted molar refractivity (Wildman–Crippen MR) is 80.2 cm³/mol. The van der Waals surface area contributed by atoms with Gasteiger partial charge in [-0.05, 0) is 42.8 Å². The summed E-state index contributed by atoms with van der Waals surface area (Å²) in [5, 5.41) is 3.53. The summed E-state index contributed by atoms with van der Waals surface area (Å²) in [5.41, 5.74) is 3.70. The Morgan fingerprint density at radius 1 is 1.30 bits per heavy atom. The van der Waals surface area contributed by atoms with Gasteiger partial charge in [0.05, 0.1) is 17.4 Å². The summed E-state index contributed by atoms with van der Waals surface area (Å²) in [6.07, 6.45) is 1.58. The number of rotatable bonds is 2. The number of aromatic nitrogens is 2. The molecule has 20 heavy (non-hydrogen) atoms. The summed E-state index contributed by atoms with van der Waals surface area (Å²) in [4.78, 5) is 19.5. The van der Waals surface area contributed by atoms with Crippen LogP contribution >= 0.6 is 11.6 Å². The van der Waals surface area contributed by atoms with Crippen LogP contribution in [0.5, 0.6) is 0 Å². The Labute approximate surface area is 120 Å². The van der Waals surface area contributed by atoms with E-state index in [0.717, 1.165) is 16.8 Å². The van der Waals surface area contributed by atoms with Crippen LogP contribution in [0.4, 0.5) is 5.69 Å². The minimum absolute atomic E-state index is 0.187. The summed E-state index contributed by atoms with van der Waals surface area (Å²) in [7, 11) is 0. The maximum Gasteiger partial charge on any atom is 0.257 e. The van der Waals surface area contributed by atoms with Crippen LogP contribution in [0.2, 0.25) is 5.02 Å². The fraction of sp³-hybridized carbons (Fsp3) is 0.0667. The molecule has 3 rings (SSSR count). The Kier molecular flexibility index (Phi) is 3.16. The average Bonchev–Trinajstić information content (AvgIpc) is 2.90. The number of hydrogen-bond acceptors (Lipinski definition) is 2. The number of H-pyrrole nitrogens is 1. The van der Waals surface area contributed by atoms with E-state index in [4.69, 9.17) is 11.6 Å². The van der Waals surface area contributed by atoms with Gasteiger partial charge in [0.2, 0.25) is 0 Å². The third kappa shape index (κ3) is 2.26. The molecule has 0 radical (unpaired) electrons. The molecule has 2 N–H and O–H groups in total. The summed E-state index contributed by atoms with van der Waals surface area (Å²) < 4.78 is 0. The molecule has 3 aromatic rings. The van der Waals surface area contributed by atoms with E-state index < -0.39 is 0 Å². The summed E-state index contributed by atoms with van der Waals surface area (Å²) in [6, 6.07) is 10.8. The van der Waals surface area contributed by atoms with Crippen molar-refractivity contribution in [1.82, 2.24) is 9.97 Å². The standard InChI is InChI=1S/C15H12ClN3O/c1-9-7-10(16)5-6-12(9)19-15(20)11-3-2-4-13-14(11)18-8-17-13/h2-8H,1H3,(H,17,18)(H,19,20). The molecule has 1 heterocycles. The van der Waals surface area contributed by atoms with Crippen LogP contribution in [0, 0.1) is 6.92 Å². The monoisotopic (exact) mass is 285 g/mol. The molecule has 2 aromatic carbocycles. The highest BCUT2D eigenvalue weighted by atomic mass is 35.5. The number of fused-ring (bicyclic) bond motifs is 1. The molecule has 0 unspecified atom stereocenters. The number of amides is 1. The number of para-hydroxylation sites is 1. The van der Waals surface area contributed by atoms with Crippen LogP contribution in [0.1, 0.15) is 15.9 Å². The van der Waals surface area contributed by atoms with E-state index in [1.165, 1.54) is 0 Å². The molecule has 1 aromatic heterocycles. The Hall–Kier alpha value is -2.33. The maximum absolute atomic E-state index is 12.4. The number of benzene rings is 2. The molecule has 0 aliphatic carbocycles. The first-order valence-corrected chi connectivity index (χ1v) is 6.52. The SMILES string of the molecule is Cc1cc(Cl)ccc1NC(=O)c1cccc2[nH]cnc12. The first-order valence-electron chi connectivity index (χ1n) is 6.15. The van der Waals surface area contributed by atoms with Gasteiger partial charge in [-0.1, -0.05) is 17.7 Å². The summed E-state index contributed by atoms with van der Waals surface area (Å²) in [6.45, 7) is 1.90. The number of carbonyl (C=O) groups excluding carboxylic acids is 1. The van der Waals surface area contributed by atoms with E-state index in [2.05, 4.69) is 15.3 Å². The third-order valence-corrected chi connectivity index (χ3v) is 3.37. The van der Waals surface area contributed by atoms with Crippen LogP contribution in [0.3, 0.4) is 0 Å². The topological polar surface area (TPSA) is 57.8 Å². The number of hydrogen-bond donors (Lipinski definition) is 2. The lowest BCUT2D eigenvalue weighted by atomic mass is 10.1. The molecule has 0 bridgehead atoms. The van der Waals surface area contributed by atoms with E-state index in [-0.39, 0.29) is 5.91 Å². The van der Waals surface area contributed by atoms with Crippen molar-refractivity contribution < 1.29 is 4.79 Å². The van der Waals surface area contributed by atoms with Crippen molar-refractivity contribution in [3.63, 3.8) is 0 Å². The van der Waals surface area contributed by atoms with Crippen molar-refractivity contribution in [1.29, 1.82) is 0 Å². The zero-order valence-electron chi connectivity index (χ0n) is 10.8. The van der Waals surface area contributed by atoms with Crippen molar-refractivity contribution >= 4 is 34.2 Å². The molecule has 5 heteroatoms. The smallest absolute Gasteiger partial charge is 0.257 e. The predicted octanol–water partition coefficient (Wildman–Crippen LogP) is 3.78. The largest absolute Gasteiger partial charge is 0.345 e. The molecular formula is C15H12ClN3O. The van der Waals surface area contributed by atoms with Crippen molar-refractivity contribution in [2.24, 2.45) is 0 Å². The van der Waals surface area contributed by atoms with E-state index in [1.54, 1.807) is 24.5 Å². The molecule has 1 amide bonds. The fourth-order valence-corrected chi connectivity index (χ4v) is 2.33. The molecule has 0 saturated carbocycles. The molecule has 0 spiro atoms. The van der Waals surface area contributed by atoms with Crippen LogP contribution in [0.25, 0.3) is 11.0 Å². The second kappa shape index (κ2) is 4.98. The number of imidazole rings is 1. The Balaban J connectivity index is 1.95. The Bertz CT molecular complexity index is 795. The molecule has 0 aliphatic rings. The van der Waals surface area contributed by atoms with E-state index in [0.29, 0.717) is 16.1 Å². The van der Waals surface area contributed by atoms with Crippen LogP contribution in [-0.4, -0.2) is 15.9 Å². The minimum Gasteiger partial charge on any atom is -0.345 e. The van der Waals surface area contributed by atoms with Crippen LogP contribution in [0.15, 0.2) is 42.7 Å². The van der Waals surface area contributed by atoms with Gasteiger partial charge in [0.25, 0.3) is 5.91 Å². The van der Waals surface area contributed by atoms with Gasteiger partial charge in [-0.2, -0.15) is 0 Å². The highest BCUT2D eigenvalue weighted by Gasteiger charge is 2.12. The maximum atomic E-state index is 12.4. The Morgan fingerprint density at radius 2 is 2.15 bits per heavy atom. The van der Waals surface area contributed by atoms with Gasteiger partial charge in [-0.3, -0.25) is 4.79 Å². The van der Waals surface area contributed by atoms with Crippen molar-refractivity contribution in [2.75, 3.05) is 5.32 Å². The molecule has 100 valence electrons. The lowest BCUT2D eigenvalue weighted by Gasteiger charge is -2.09. The summed E-state index contributed by atoms with van der Waals surface area (Å²) >= 11 is 5.91. The fourth-order valence-electron chi connectivity index (χ4n) is 2.11. The van der Waals surface area contributed by atoms with Crippen LogP contribution in [-0.2, 0) is 0 Å². The van der Waals surface area contributed by atoms with E-state index >= 15 is 0 Å². The van der Waals surface area contributed by atoms with Crippen LogP contribution < -0.4 is 5.32 Å². The zero-order valence-corrected chi connectivity index (χ0v) is 11.5. The van der Waals surface area contributed by atoms with Crippen molar-refractivity contribution in [2.45, 2.75) is 6.92 Å². The van der Waals surface area contributed by atoms with Gasteiger partial charge in [0.15, 0.2) is 0 Å². The van der Waals surface area contributed by atoms with Gasteiger partial charge in [0.1, 0.15) is 5.52 Å². The number of aromatic amines is 1. The number of anilines is 1. The first kappa shape index (κ1) is 12.7. The van der Waals surface area contributed by atoms with Gasteiger partial charge < -0.3 is 10.3 Å². The van der Waals surface area contributed by atoms with Gasteiger partial charge in [0, 0.05) is 10.7 Å². The molecule has 0 aliphatic heterocycles. The van der Waals surface area contributed by atoms with Crippen molar-refractivity contribution in [3.8, 4) is 0 Å². The highest BCUT2D eigenvalue weighted by molar-refractivity contribution is 6.30.